The van der Waals surface area contributed by atoms with Crippen LogP contribution in [0.5, 0.6) is 0 Å². The lowest BCUT2D eigenvalue weighted by Crippen LogP contribution is -2.54. The number of carbonyl (C=O) groups is 1. The quantitative estimate of drug-likeness (QED) is 0.832. The van der Waals surface area contributed by atoms with Gasteiger partial charge in [-0.15, -0.1) is 0 Å². The highest BCUT2D eigenvalue weighted by atomic mass is 16.5. The minimum Gasteiger partial charge on any atom is -0.375 e. The van der Waals surface area contributed by atoms with Crippen LogP contribution in [0.1, 0.15) is 65.7 Å². The smallest absolute Gasteiger partial charge is 0.227 e. The van der Waals surface area contributed by atoms with Crippen molar-refractivity contribution in [3.63, 3.8) is 0 Å². The summed E-state index contributed by atoms with van der Waals surface area (Å²) in [7, 11) is 0. The summed E-state index contributed by atoms with van der Waals surface area (Å²) in [5.74, 6) is 0.149. The summed E-state index contributed by atoms with van der Waals surface area (Å²) >= 11 is 0. The molecule has 4 heteroatoms. The summed E-state index contributed by atoms with van der Waals surface area (Å²) < 4.78 is 5.97. The molecule has 116 valence electrons. The highest BCUT2D eigenvalue weighted by Crippen LogP contribution is 2.38. The zero-order chi connectivity index (χ0) is 14.8. The van der Waals surface area contributed by atoms with Crippen LogP contribution in [-0.2, 0) is 9.53 Å². The maximum atomic E-state index is 12.6. The minimum atomic E-state index is -0.376. The Bertz CT molecular complexity index is 354. The predicted octanol–water partition coefficient (Wildman–Crippen LogP) is 2.36. The summed E-state index contributed by atoms with van der Waals surface area (Å²) in [5.41, 5.74) is 5.72. The van der Waals surface area contributed by atoms with Crippen molar-refractivity contribution in [3.05, 3.63) is 0 Å². The van der Waals surface area contributed by atoms with Gasteiger partial charge in [0.25, 0.3) is 0 Å². The van der Waals surface area contributed by atoms with Crippen LogP contribution < -0.4 is 11.1 Å². The molecule has 0 aromatic heterocycles. The van der Waals surface area contributed by atoms with Crippen molar-refractivity contribution in [2.75, 3.05) is 6.61 Å². The van der Waals surface area contributed by atoms with Gasteiger partial charge in [0.2, 0.25) is 5.91 Å². The van der Waals surface area contributed by atoms with Crippen LogP contribution in [-0.4, -0.2) is 30.2 Å². The Kier molecular flexibility index (Phi) is 4.75. The topological polar surface area (TPSA) is 64.4 Å². The molecule has 0 bridgehead atoms. The van der Waals surface area contributed by atoms with Crippen LogP contribution in [0.15, 0.2) is 0 Å². The Hall–Kier alpha value is -0.610. The summed E-state index contributed by atoms with van der Waals surface area (Å²) in [6.45, 7) is 7.10. The number of nitrogens with two attached hydrogens (primary N) is 1. The van der Waals surface area contributed by atoms with Gasteiger partial charge in [0.05, 0.1) is 11.0 Å². The number of carbonyl (C=O) groups excluding carboxylic acids is 1. The van der Waals surface area contributed by atoms with Gasteiger partial charge in [-0.05, 0) is 45.4 Å². The van der Waals surface area contributed by atoms with E-state index in [-0.39, 0.29) is 29.0 Å². The van der Waals surface area contributed by atoms with Gasteiger partial charge in [0.1, 0.15) is 0 Å². The van der Waals surface area contributed by atoms with Gasteiger partial charge in [0.15, 0.2) is 0 Å². The maximum Gasteiger partial charge on any atom is 0.227 e. The molecular weight excluding hydrogens is 252 g/mol. The summed E-state index contributed by atoms with van der Waals surface area (Å²) in [5, 5.41) is 3.26. The number of hydrogen-bond acceptors (Lipinski definition) is 3. The summed E-state index contributed by atoms with van der Waals surface area (Å²) in [6, 6.07) is 0.241. The molecule has 0 aromatic rings. The average molecular weight is 282 g/mol. The lowest BCUT2D eigenvalue weighted by molar-refractivity contribution is -0.135. The van der Waals surface area contributed by atoms with Crippen LogP contribution in [0.4, 0.5) is 0 Å². The van der Waals surface area contributed by atoms with E-state index in [0.717, 1.165) is 51.6 Å². The van der Waals surface area contributed by atoms with Crippen molar-refractivity contribution in [3.8, 4) is 0 Å². The van der Waals surface area contributed by atoms with Crippen LogP contribution >= 0.6 is 0 Å². The van der Waals surface area contributed by atoms with E-state index < -0.39 is 0 Å². The van der Waals surface area contributed by atoms with Gasteiger partial charge in [-0.2, -0.15) is 0 Å². The first kappa shape index (κ1) is 15.8. The molecule has 2 rings (SSSR count). The molecule has 1 aliphatic heterocycles. The zero-order valence-corrected chi connectivity index (χ0v) is 13.2. The number of ether oxygens (including phenoxy) is 1. The minimum absolute atomic E-state index is 0.00412. The van der Waals surface area contributed by atoms with Crippen LogP contribution in [0.2, 0.25) is 0 Å². The third-order valence-corrected chi connectivity index (χ3v) is 5.67. The second-order valence-corrected chi connectivity index (χ2v) is 6.82. The molecule has 1 aliphatic carbocycles. The molecule has 20 heavy (non-hydrogen) atoms. The number of amides is 1. The number of nitrogens with one attached hydrogen (secondary N) is 1. The third kappa shape index (κ3) is 2.86. The predicted molar refractivity (Wildman–Crippen MR) is 80.4 cm³/mol. The highest BCUT2D eigenvalue weighted by molar-refractivity contribution is 5.83. The first-order valence-corrected chi connectivity index (χ1v) is 8.16. The van der Waals surface area contributed by atoms with Crippen LogP contribution in [0.25, 0.3) is 0 Å². The van der Waals surface area contributed by atoms with Crippen LogP contribution in [0, 0.1) is 5.41 Å². The van der Waals surface area contributed by atoms with Gasteiger partial charge in [-0.25, -0.2) is 0 Å². The number of hydrogen-bond donors (Lipinski definition) is 2. The fourth-order valence-corrected chi connectivity index (χ4v) is 3.72. The Morgan fingerprint density at radius 2 is 2.05 bits per heavy atom. The fourth-order valence-electron chi connectivity index (χ4n) is 3.72. The van der Waals surface area contributed by atoms with E-state index in [4.69, 9.17) is 10.5 Å². The lowest BCUT2D eigenvalue weighted by Gasteiger charge is -2.41. The second kappa shape index (κ2) is 6.02. The lowest BCUT2D eigenvalue weighted by atomic mass is 9.82. The molecule has 1 heterocycles. The molecule has 3 atom stereocenters. The standard InChI is InChI=1S/C16H30N2O2/c1-4-16(5-2)11-12(8-10-20-16)18-14(19)15(3)9-6-7-13(15)17/h12-13H,4-11,17H2,1-3H3,(H,18,19). The molecule has 2 aliphatic rings. The van der Waals surface area contributed by atoms with Gasteiger partial charge >= 0.3 is 0 Å². The van der Waals surface area contributed by atoms with E-state index in [1.807, 2.05) is 6.92 Å². The van der Waals surface area contributed by atoms with Crippen LogP contribution in [0.3, 0.4) is 0 Å². The first-order chi connectivity index (χ1) is 9.46. The zero-order valence-electron chi connectivity index (χ0n) is 13.2. The van der Waals surface area contributed by atoms with Gasteiger partial charge in [-0.1, -0.05) is 20.3 Å². The molecule has 3 unspecified atom stereocenters. The van der Waals surface area contributed by atoms with E-state index in [1.54, 1.807) is 0 Å². The molecule has 1 saturated heterocycles. The first-order valence-electron chi connectivity index (χ1n) is 8.16. The Morgan fingerprint density at radius 3 is 2.60 bits per heavy atom. The Morgan fingerprint density at radius 1 is 1.35 bits per heavy atom. The van der Waals surface area contributed by atoms with E-state index in [0.29, 0.717) is 0 Å². The van der Waals surface area contributed by atoms with Gasteiger partial charge < -0.3 is 15.8 Å². The van der Waals surface area contributed by atoms with Crippen molar-refractivity contribution < 1.29 is 9.53 Å². The van der Waals surface area contributed by atoms with Crippen molar-refractivity contribution >= 4 is 5.91 Å². The molecule has 1 amide bonds. The van der Waals surface area contributed by atoms with Crippen molar-refractivity contribution in [1.82, 2.24) is 5.32 Å². The van der Waals surface area contributed by atoms with Crippen molar-refractivity contribution in [2.24, 2.45) is 11.1 Å². The van der Waals surface area contributed by atoms with Crippen molar-refractivity contribution in [2.45, 2.75) is 83.4 Å². The molecule has 3 N–H and O–H groups in total. The maximum absolute atomic E-state index is 12.6. The molecular formula is C16H30N2O2. The fraction of sp³-hybridized carbons (Fsp3) is 0.938. The van der Waals surface area contributed by atoms with E-state index in [9.17, 15) is 4.79 Å². The molecule has 4 nitrogen and oxygen atoms in total. The summed E-state index contributed by atoms with van der Waals surface area (Å²) in [6.07, 6.45) is 6.80. The molecule has 0 aromatic carbocycles. The van der Waals surface area contributed by atoms with Crippen molar-refractivity contribution in [1.29, 1.82) is 0 Å². The average Bonchev–Trinajstić information content (AvgIpc) is 2.80. The number of rotatable bonds is 4. The van der Waals surface area contributed by atoms with E-state index in [1.165, 1.54) is 0 Å². The Labute approximate surface area is 122 Å². The van der Waals surface area contributed by atoms with Gasteiger partial charge in [0, 0.05) is 18.7 Å². The van der Waals surface area contributed by atoms with E-state index in [2.05, 4.69) is 19.2 Å². The molecule has 0 spiro atoms. The molecule has 1 saturated carbocycles. The molecule has 0 radical (unpaired) electrons. The molecule has 2 fully saturated rings. The highest BCUT2D eigenvalue weighted by Gasteiger charge is 2.44. The summed E-state index contributed by atoms with van der Waals surface area (Å²) in [4.78, 5) is 12.6. The normalized spacial score (nSPS) is 36.8. The van der Waals surface area contributed by atoms with Gasteiger partial charge in [-0.3, -0.25) is 4.79 Å². The second-order valence-electron chi connectivity index (χ2n) is 6.82. The van der Waals surface area contributed by atoms with E-state index >= 15 is 0 Å². The Balaban J connectivity index is 1.97. The third-order valence-electron chi connectivity index (χ3n) is 5.67. The monoisotopic (exact) mass is 282 g/mol. The SMILES string of the molecule is CCC1(CC)CC(NC(=O)C2(C)CCCC2N)CCO1. The largest absolute Gasteiger partial charge is 0.375 e.